The zero-order valence-electron chi connectivity index (χ0n) is 14.4. The minimum Gasteiger partial charge on any atom is -0.479 e. The molecule has 6 nitrogen and oxygen atoms in total. The summed E-state index contributed by atoms with van der Waals surface area (Å²) < 4.78 is 5.50. The molecule has 8 heteroatoms. The van der Waals surface area contributed by atoms with Gasteiger partial charge in [-0.2, -0.15) is 0 Å². The Hall–Kier alpha value is -2.70. The summed E-state index contributed by atoms with van der Waals surface area (Å²) in [6, 6.07) is 12.4. The van der Waals surface area contributed by atoms with Crippen molar-refractivity contribution in [3.05, 3.63) is 64.3 Å². The number of para-hydroxylation sites is 1. The van der Waals surface area contributed by atoms with Crippen molar-refractivity contribution in [1.82, 2.24) is 15.8 Å². The molecule has 3 aromatic rings. The van der Waals surface area contributed by atoms with E-state index < -0.39 is 12.0 Å². The third-order valence-corrected chi connectivity index (χ3v) is 4.45. The number of halogens is 2. The highest BCUT2D eigenvalue weighted by Crippen LogP contribution is 2.28. The van der Waals surface area contributed by atoms with E-state index in [1.54, 1.807) is 25.3 Å². The summed E-state index contributed by atoms with van der Waals surface area (Å²) in [6.45, 7) is 1.55. The molecule has 0 aliphatic rings. The fourth-order valence-electron chi connectivity index (χ4n) is 2.54. The molecule has 1 atom stereocenters. The molecular formula is C19H17Cl2N3O3. The molecule has 1 heterocycles. The molecule has 3 N–H and O–H groups in total. The molecule has 140 valence electrons. The van der Waals surface area contributed by atoms with Crippen molar-refractivity contribution in [2.75, 3.05) is 0 Å². The highest BCUT2D eigenvalue weighted by atomic mass is 35.5. The van der Waals surface area contributed by atoms with Crippen LogP contribution in [0.1, 0.15) is 12.5 Å². The van der Waals surface area contributed by atoms with Crippen LogP contribution in [0, 0.1) is 0 Å². The molecule has 2 amide bonds. The van der Waals surface area contributed by atoms with E-state index in [1.165, 1.54) is 6.07 Å². The first-order valence-corrected chi connectivity index (χ1v) is 8.95. The maximum absolute atomic E-state index is 12.1. The predicted molar refractivity (Wildman–Crippen MR) is 105 cm³/mol. The van der Waals surface area contributed by atoms with Gasteiger partial charge in [-0.05, 0) is 36.8 Å². The number of hydrazine groups is 1. The van der Waals surface area contributed by atoms with Gasteiger partial charge in [-0.15, -0.1) is 0 Å². The van der Waals surface area contributed by atoms with Gasteiger partial charge in [0, 0.05) is 22.1 Å². The number of rotatable bonds is 5. The molecule has 1 unspecified atom stereocenters. The molecule has 0 saturated heterocycles. The quantitative estimate of drug-likeness (QED) is 0.566. The van der Waals surface area contributed by atoms with Crippen molar-refractivity contribution in [2.45, 2.75) is 19.4 Å². The summed E-state index contributed by atoms with van der Waals surface area (Å²) in [6.07, 6.45) is 1.04. The highest BCUT2D eigenvalue weighted by molar-refractivity contribution is 6.35. The molecular weight excluding hydrogens is 389 g/mol. The largest absolute Gasteiger partial charge is 0.479 e. The average molecular weight is 406 g/mol. The Kier molecular flexibility index (Phi) is 5.88. The number of H-pyrrole nitrogens is 1. The molecule has 0 bridgehead atoms. The molecule has 0 fully saturated rings. The van der Waals surface area contributed by atoms with E-state index in [2.05, 4.69) is 15.8 Å². The van der Waals surface area contributed by atoms with Crippen LogP contribution in [0.4, 0.5) is 0 Å². The van der Waals surface area contributed by atoms with E-state index >= 15 is 0 Å². The van der Waals surface area contributed by atoms with E-state index in [0.717, 1.165) is 16.5 Å². The summed E-state index contributed by atoms with van der Waals surface area (Å²) in [5.41, 5.74) is 6.53. The lowest BCUT2D eigenvalue weighted by Gasteiger charge is -2.16. The number of ether oxygens (including phenoxy) is 1. The monoisotopic (exact) mass is 405 g/mol. The van der Waals surface area contributed by atoms with E-state index in [4.69, 9.17) is 27.9 Å². The fourth-order valence-corrected chi connectivity index (χ4v) is 3.00. The second-order valence-electron chi connectivity index (χ2n) is 5.91. The lowest BCUT2D eigenvalue weighted by Crippen LogP contribution is -2.47. The van der Waals surface area contributed by atoms with Gasteiger partial charge in [0.2, 0.25) is 5.91 Å². The van der Waals surface area contributed by atoms with E-state index in [9.17, 15) is 9.59 Å². The number of hydrogen-bond donors (Lipinski definition) is 3. The zero-order valence-corrected chi connectivity index (χ0v) is 15.9. The molecule has 0 saturated carbocycles. The fraction of sp³-hybridized carbons (Fsp3) is 0.158. The molecule has 0 aliphatic heterocycles. The van der Waals surface area contributed by atoms with Gasteiger partial charge < -0.3 is 9.72 Å². The topological polar surface area (TPSA) is 83.2 Å². The van der Waals surface area contributed by atoms with Gasteiger partial charge in [-0.1, -0.05) is 41.4 Å². The SMILES string of the molecule is CC(Oc1ccc(Cl)cc1Cl)C(=O)NNC(=O)Cc1c[nH]c2ccccc12. The summed E-state index contributed by atoms with van der Waals surface area (Å²) in [5, 5.41) is 1.73. The van der Waals surface area contributed by atoms with Gasteiger partial charge in [-0.3, -0.25) is 20.4 Å². The minimum atomic E-state index is -0.864. The molecule has 1 aromatic heterocycles. The number of carbonyl (C=O) groups is 2. The predicted octanol–water partition coefficient (Wildman–Crippen LogP) is 3.63. The Morgan fingerprint density at radius 1 is 1.15 bits per heavy atom. The van der Waals surface area contributed by atoms with Crippen LogP contribution in [0.3, 0.4) is 0 Å². The highest BCUT2D eigenvalue weighted by Gasteiger charge is 2.17. The van der Waals surface area contributed by atoms with Gasteiger partial charge in [0.25, 0.3) is 5.91 Å². The number of hydrogen-bond acceptors (Lipinski definition) is 3. The Labute approximate surface area is 165 Å². The summed E-state index contributed by atoms with van der Waals surface area (Å²) >= 11 is 11.8. The van der Waals surface area contributed by atoms with Crippen LogP contribution in [0.25, 0.3) is 10.9 Å². The van der Waals surface area contributed by atoms with Gasteiger partial charge >= 0.3 is 0 Å². The van der Waals surface area contributed by atoms with Crippen molar-refractivity contribution < 1.29 is 14.3 Å². The van der Waals surface area contributed by atoms with Crippen molar-refractivity contribution in [3.8, 4) is 5.75 Å². The number of fused-ring (bicyclic) bond motifs is 1. The average Bonchev–Trinajstić information content (AvgIpc) is 3.05. The number of aromatic nitrogens is 1. The number of carbonyl (C=O) groups excluding carboxylic acids is 2. The smallest absolute Gasteiger partial charge is 0.279 e. The Morgan fingerprint density at radius 2 is 1.93 bits per heavy atom. The van der Waals surface area contributed by atoms with Crippen molar-refractivity contribution in [3.63, 3.8) is 0 Å². The number of nitrogens with one attached hydrogen (secondary N) is 3. The summed E-state index contributed by atoms with van der Waals surface area (Å²) in [7, 11) is 0. The van der Waals surface area contributed by atoms with Gasteiger partial charge in [0.05, 0.1) is 11.4 Å². The van der Waals surface area contributed by atoms with Crippen LogP contribution in [-0.4, -0.2) is 22.9 Å². The number of amides is 2. The van der Waals surface area contributed by atoms with Crippen LogP contribution in [-0.2, 0) is 16.0 Å². The molecule has 27 heavy (non-hydrogen) atoms. The van der Waals surface area contributed by atoms with E-state index in [0.29, 0.717) is 15.8 Å². The molecule has 0 aliphatic carbocycles. The number of aromatic amines is 1. The molecule has 2 aromatic carbocycles. The summed E-state index contributed by atoms with van der Waals surface area (Å²) in [4.78, 5) is 27.3. The maximum atomic E-state index is 12.1. The third-order valence-electron chi connectivity index (χ3n) is 3.92. The van der Waals surface area contributed by atoms with Gasteiger partial charge in [0.15, 0.2) is 6.10 Å². The summed E-state index contributed by atoms with van der Waals surface area (Å²) in [5.74, 6) is -0.521. The molecule has 0 radical (unpaired) electrons. The normalized spacial score (nSPS) is 11.8. The standard InChI is InChI=1S/C19H17Cl2N3O3/c1-11(27-17-7-6-13(20)9-15(17)21)19(26)24-23-18(25)8-12-10-22-16-5-3-2-4-14(12)16/h2-7,9-11,22H,8H2,1H3,(H,23,25)(H,24,26). The van der Waals surface area contributed by atoms with E-state index in [-0.39, 0.29) is 12.3 Å². The van der Waals surface area contributed by atoms with Crippen LogP contribution < -0.4 is 15.6 Å². The van der Waals surface area contributed by atoms with Crippen LogP contribution >= 0.6 is 23.2 Å². The Morgan fingerprint density at radius 3 is 2.70 bits per heavy atom. The van der Waals surface area contributed by atoms with Crippen LogP contribution in [0.15, 0.2) is 48.7 Å². The maximum Gasteiger partial charge on any atom is 0.279 e. The minimum absolute atomic E-state index is 0.128. The van der Waals surface area contributed by atoms with Crippen molar-refractivity contribution >= 4 is 45.9 Å². The van der Waals surface area contributed by atoms with E-state index in [1.807, 2.05) is 24.3 Å². The molecule has 3 rings (SSSR count). The van der Waals surface area contributed by atoms with Crippen molar-refractivity contribution in [1.29, 1.82) is 0 Å². The number of benzene rings is 2. The molecule has 0 spiro atoms. The third kappa shape index (κ3) is 4.72. The van der Waals surface area contributed by atoms with Crippen LogP contribution in [0.5, 0.6) is 5.75 Å². The van der Waals surface area contributed by atoms with Gasteiger partial charge in [-0.25, -0.2) is 0 Å². The Bertz CT molecular complexity index is 987. The lowest BCUT2D eigenvalue weighted by molar-refractivity contribution is -0.132. The lowest BCUT2D eigenvalue weighted by atomic mass is 10.1. The zero-order chi connectivity index (χ0) is 19.4. The second kappa shape index (κ2) is 8.33. The first-order chi connectivity index (χ1) is 12.9. The first kappa shape index (κ1) is 19.1. The van der Waals surface area contributed by atoms with Gasteiger partial charge in [0.1, 0.15) is 5.75 Å². The second-order valence-corrected chi connectivity index (χ2v) is 6.75. The first-order valence-electron chi connectivity index (χ1n) is 8.19. The van der Waals surface area contributed by atoms with Crippen molar-refractivity contribution in [2.24, 2.45) is 0 Å². The van der Waals surface area contributed by atoms with Crippen LogP contribution in [0.2, 0.25) is 10.0 Å². The Balaban J connectivity index is 1.52.